The zero-order valence-electron chi connectivity index (χ0n) is 27.8. The van der Waals surface area contributed by atoms with Crippen molar-refractivity contribution >= 4 is 11.8 Å². The van der Waals surface area contributed by atoms with Gasteiger partial charge in [-0.3, -0.25) is 4.79 Å². The zero-order valence-corrected chi connectivity index (χ0v) is 27.8. The largest absolute Gasteiger partial charge is 0.480 e. The predicted octanol–water partition coefficient (Wildman–Crippen LogP) is 6.96. The van der Waals surface area contributed by atoms with E-state index in [9.17, 15) is 23.1 Å². The lowest BCUT2D eigenvalue weighted by molar-refractivity contribution is -0.198. The Morgan fingerprint density at radius 2 is 1.69 bits per heavy atom. The van der Waals surface area contributed by atoms with Crippen molar-refractivity contribution in [2.24, 2.45) is 5.41 Å². The summed E-state index contributed by atoms with van der Waals surface area (Å²) in [5, 5.41) is 17.0. The van der Waals surface area contributed by atoms with Gasteiger partial charge in [-0.15, -0.1) is 0 Å². The van der Waals surface area contributed by atoms with Gasteiger partial charge in [-0.25, -0.2) is 9.67 Å². The molecular weight excluding hydrogens is 621 g/mol. The molecule has 1 unspecified atom stereocenters. The van der Waals surface area contributed by atoms with Gasteiger partial charge in [0.15, 0.2) is 0 Å². The summed E-state index contributed by atoms with van der Waals surface area (Å²) in [5.74, 6) is -0.268. The number of alkyl halides is 3. The Hall–Kier alpha value is -4.45. The lowest BCUT2D eigenvalue weighted by Gasteiger charge is -2.39. The van der Waals surface area contributed by atoms with Crippen LogP contribution in [-0.4, -0.2) is 62.7 Å². The second-order valence-electron chi connectivity index (χ2n) is 14.1. The van der Waals surface area contributed by atoms with Crippen LogP contribution in [0.3, 0.4) is 0 Å². The third-order valence-electron chi connectivity index (χ3n) is 9.51. The van der Waals surface area contributed by atoms with Crippen LogP contribution in [0.5, 0.6) is 5.88 Å². The first kappa shape index (κ1) is 33.5. The minimum atomic E-state index is -4.78. The first-order valence-corrected chi connectivity index (χ1v) is 16.2. The molecule has 4 aromatic rings. The molecule has 9 nitrogen and oxygen atoms in total. The molecule has 2 atom stereocenters. The van der Waals surface area contributed by atoms with Gasteiger partial charge in [0.2, 0.25) is 12.0 Å². The summed E-state index contributed by atoms with van der Waals surface area (Å²) in [7, 11) is 0. The number of aromatic nitrogens is 4. The molecule has 2 saturated heterocycles. The first-order valence-electron chi connectivity index (χ1n) is 16.2. The van der Waals surface area contributed by atoms with Crippen LogP contribution in [0.2, 0.25) is 0 Å². The average Bonchev–Trinajstić information content (AvgIpc) is 3.65. The fraction of sp³-hybridized carbons (Fsp3) is 0.444. The molecular formula is C36H41F3N6O3. The van der Waals surface area contributed by atoms with Gasteiger partial charge < -0.3 is 20.1 Å². The lowest BCUT2D eigenvalue weighted by atomic mass is 9.76. The van der Waals surface area contributed by atoms with Gasteiger partial charge in [-0.2, -0.15) is 23.3 Å². The van der Waals surface area contributed by atoms with Crippen LogP contribution >= 0.6 is 0 Å². The third kappa shape index (κ3) is 7.03. The van der Waals surface area contributed by atoms with E-state index in [1.54, 1.807) is 38.2 Å². The molecule has 0 aliphatic carbocycles. The summed E-state index contributed by atoms with van der Waals surface area (Å²) in [6, 6.07) is 15.5. The Kier molecular flexibility index (Phi) is 8.74. The van der Waals surface area contributed by atoms with E-state index in [1.807, 2.05) is 29.2 Å². The molecule has 4 heterocycles. The van der Waals surface area contributed by atoms with Gasteiger partial charge in [0.25, 0.3) is 0 Å². The summed E-state index contributed by atoms with van der Waals surface area (Å²) in [6.07, 6.45) is -3.43. The summed E-state index contributed by atoms with van der Waals surface area (Å²) >= 11 is 0. The van der Waals surface area contributed by atoms with E-state index < -0.39 is 24.3 Å². The molecule has 12 heteroatoms. The van der Waals surface area contributed by atoms with Crippen molar-refractivity contribution in [2.45, 2.75) is 77.6 Å². The summed E-state index contributed by atoms with van der Waals surface area (Å²) in [4.78, 5) is 22.3. The van der Waals surface area contributed by atoms with Gasteiger partial charge in [0, 0.05) is 37.5 Å². The van der Waals surface area contributed by atoms with Crippen molar-refractivity contribution in [3.8, 4) is 22.7 Å². The Bertz CT molecular complexity index is 1790. The second kappa shape index (κ2) is 12.5. The van der Waals surface area contributed by atoms with Gasteiger partial charge in [-0.1, -0.05) is 57.2 Å². The molecule has 0 amide bonds. The van der Waals surface area contributed by atoms with Crippen LogP contribution < -0.4 is 15.0 Å². The number of aryl methyl sites for hydroxylation is 2. The van der Waals surface area contributed by atoms with Crippen molar-refractivity contribution in [3.63, 3.8) is 0 Å². The van der Waals surface area contributed by atoms with Crippen molar-refractivity contribution in [3.05, 3.63) is 83.4 Å². The molecule has 2 N–H and O–H groups in total. The summed E-state index contributed by atoms with van der Waals surface area (Å²) < 4.78 is 52.0. The number of aliphatic carboxylic acids is 1. The highest BCUT2D eigenvalue weighted by Crippen LogP contribution is 2.43. The number of carboxylic acid groups (broad SMARTS) is 1. The van der Waals surface area contributed by atoms with E-state index in [-0.39, 0.29) is 33.8 Å². The van der Waals surface area contributed by atoms with Crippen molar-refractivity contribution in [1.29, 1.82) is 0 Å². The molecule has 0 saturated carbocycles. The van der Waals surface area contributed by atoms with Crippen LogP contribution in [0.25, 0.3) is 16.8 Å². The minimum Gasteiger partial charge on any atom is -0.480 e. The normalized spacial score (nSPS) is 18.7. The molecule has 0 radical (unpaired) electrons. The summed E-state index contributed by atoms with van der Waals surface area (Å²) in [6.45, 7) is 11.6. The molecule has 48 heavy (non-hydrogen) atoms. The second-order valence-corrected chi connectivity index (χ2v) is 14.1. The number of hydrogen-bond donors (Lipinski definition) is 2. The topological polar surface area (TPSA) is 105 Å². The number of rotatable bonds is 7. The number of carbonyl (C=O) groups is 1. The molecule has 2 aromatic carbocycles. The van der Waals surface area contributed by atoms with Crippen LogP contribution in [0.15, 0.2) is 60.8 Å². The number of carboxylic acids is 1. The smallest absolute Gasteiger partial charge is 0.429 e. The Morgan fingerprint density at radius 1 is 1.00 bits per heavy atom. The van der Waals surface area contributed by atoms with Crippen LogP contribution in [0.1, 0.15) is 68.8 Å². The SMILES string of the molecule is Cc1ccn(-c2cc(-c3ccc(C(C)(C)C)cc3)ccc2C(Oc2cc(N3CCC4(CC3)CN[C@H](C(=O)O)C4)nc(C)n2)C(F)(F)F)n1. The maximum absolute atomic E-state index is 14.9. The highest BCUT2D eigenvalue weighted by Gasteiger charge is 2.46. The quantitative estimate of drug-likeness (QED) is 0.219. The number of benzene rings is 2. The fourth-order valence-electron chi connectivity index (χ4n) is 6.71. The number of hydrogen-bond acceptors (Lipinski definition) is 7. The van der Waals surface area contributed by atoms with E-state index in [4.69, 9.17) is 4.74 Å². The number of halogens is 3. The Balaban J connectivity index is 1.30. The summed E-state index contributed by atoms with van der Waals surface area (Å²) in [5.41, 5.74) is 3.43. The van der Waals surface area contributed by atoms with Crippen LogP contribution in [0, 0.1) is 19.3 Å². The van der Waals surface area contributed by atoms with Gasteiger partial charge >= 0.3 is 12.1 Å². The number of nitrogens with one attached hydrogen (secondary N) is 1. The first-order chi connectivity index (χ1) is 22.6. The van der Waals surface area contributed by atoms with Gasteiger partial charge in [0.1, 0.15) is 17.7 Å². The van der Waals surface area contributed by atoms with Gasteiger partial charge in [-0.05, 0) is 72.8 Å². The van der Waals surface area contributed by atoms with E-state index >= 15 is 0 Å². The van der Waals surface area contributed by atoms with E-state index in [0.29, 0.717) is 37.6 Å². The number of anilines is 1. The maximum atomic E-state index is 14.9. The van der Waals surface area contributed by atoms with Crippen LogP contribution in [0.4, 0.5) is 19.0 Å². The van der Waals surface area contributed by atoms with Gasteiger partial charge in [0.05, 0.1) is 11.4 Å². The monoisotopic (exact) mass is 662 g/mol. The highest BCUT2D eigenvalue weighted by atomic mass is 19.4. The van der Waals surface area contributed by atoms with E-state index in [1.165, 1.54) is 16.8 Å². The lowest BCUT2D eigenvalue weighted by Crippen LogP contribution is -2.41. The predicted molar refractivity (Wildman–Crippen MR) is 177 cm³/mol. The number of piperidine rings is 1. The molecule has 6 rings (SSSR count). The number of nitrogens with zero attached hydrogens (tertiary/aromatic N) is 5. The highest BCUT2D eigenvalue weighted by molar-refractivity contribution is 5.74. The standard InChI is InChI=1S/C36H41F3N6O3/c1-22-12-15-45(43-22)29-18-25(24-6-9-26(10-7-24)34(3,4)5)8-11-27(29)32(36(37,38)39)48-31-19-30(41-23(2)42-31)44-16-13-35(14-17-44)20-28(33(46)47)40-21-35/h6-12,15,18-19,28,32,40H,13-14,16-17,20-21H2,1-5H3,(H,46,47)/t28-,32?/m0/s1. The Labute approximate surface area is 278 Å². The minimum absolute atomic E-state index is 0.0359. The van der Waals surface area contributed by atoms with Crippen molar-refractivity contribution in [2.75, 3.05) is 24.5 Å². The fourth-order valence-corrected chi connectivity index (χ4v) is 6.71. The Morgan fingerprint density at radius 3 is 2.27 bits per heavy atom. The van der Waals surface area contributed by atoms with Crippen molar-refractivity contribution < 1.29 is 27.8 Å². The molecule has 1 spiro atoms. The van der Waals surface area contributed by atoms with Crippen LogP contribution in [-0.2, 0) is 10.2 Å². The third-order valence-corrected chi connectivity index (χ3v) is 9.51. The van der Waals surface area contributed by atoms with E-state index in [2.05, 4.69) is 41.2 Å². The van der Waals surface area contributed by atoms with E-state index in [0.717, 1.165) is 29.5 Å². The van der Waals surface area contributed by atoms with Crippen molar-refractivity contribution in [1.82, 2.24) is 25.1 Å². The molecule has 254 valence electrons. The number of ether oxygens (including phenoxy) is 1. The maximum Gasteiger partial charge on any atom is 0.429 e. The molecule has 2 aliphatic heterocycles. The zero-order chi connectivity index (χ0) is 34.4. The average molecular weight is 663 g/mol. The molecule has 2 aromatic heterocycles. The molecule has 2 aliphatic rings. The molecule has 0 bridgehead atoms. The molecule has 2 fully saturated rings.